The van der Waals surface area contributed by atoms with Gasteiger partial charge in [0.15, 0.2) is 0 Å². The molecule has 0 aromatic heterocycles. The van der Waals surface area contributed by atoms with Crippen LogP contribution in [0.25, 0.3) is 0 Å². The van der Waals surface area contributed by atoms with E-state index >= 15 is 0 Å². The highest BCUT2D eigenvalue weighted by atomic mass is 16.5. The summed E-state index contributed by atoms with van der Waals surface area (Å²) in [6, 6.07) is 0. The van der Waals surface area contributed by atoms with Crippen LogP contribution >= 0.6 is 0 Å². The number of carbonyl (C=O) groups excluding carboxylic acids is 1. The molecule has 0 aromatic rings. The Morgan fingerprint density at radius 3 is 2.50 bits per heavy atom. The van der Waals surface area contributed by atoms with Crippen LogP contribution in [-0.2, 0) is 9.53 Å². The predicted octanol–water partition coefficient (Wildman–Crippen LogP) is 2.62. The van der Waals surface area contributed by atoms with Crippen LogP contribution < -0.4 is 0 Å². The Morgan fingerprint density at radius 2 is 2.07 bits per heavy atom. The zero-order valence-corrected chi connectivity index (χ0v) is 9.54. The van der Waals surface area contributed by atoms with Gasteiger partial charge in [-0.1, -0.05) is 20.8 Å². The minimum atomic E-state index is -0.123. The minimum absolute atomic E-state index is 0.123. The van der Waals surface area contributed by atoms with Crippen LogP contribution in [0.1, 0.15) is 40.5 Å². The Balaban J connectivity index is 2.03. The molecule has 0 radical (unpaired) electrons. The van der Waals surface area contributed by atoms with Gasteiger partial charge in [0, 0.05) is 6.92 Å². The van der Waals surface area contributed by atoms with E-state index < -0.39 is 0 Å². The molecule has 0 heterocycles. The van der Waals surface area contributed by atoms with Crippen LogP contribution in [0.3, 0.4) is 0 Å². The van der Waals surface area contributed by atoms with Gasteiger partial charge in [0.2, 0.25) is 0 Å². The Morgan fingerprint density at radius 1 is 1.43 bits per heavy atom. The van der Waals surface area contributed by atoms with Gasteiger partial charge in [-0.15, -0.1) is 0 Å². The van der Waals surface area contributed by atoms with Crippen molar-refractivity contribution in [2.75, 3.05) is 0 Å². The summed E-state index contributed by atoms with van der Waals surface area (Å²) in [6.45, 7) is 8.33. The van der Waals surface area contributed by atoms with Crippen molar-refractivity contribution in [1.29, 1.82) is 0 Å². The fraction of sp³-hybridized carbons (Fsp3) is 0.917. The molecule has 0 bridgehead atoms. The predicted molar refractivity (Wildman–Crippen MR) is 54.7 cm³/mol. The molecule has 4 atom stereocenters. The van der Waals surface area contributed by atoms with Crippen molar-refractivity contribution < 1.29 is 9.53 Å². The third kappa shape index (κ3) is 1.27. The molecule has 0 aromatic carbocycles. The topological polar surface area (TPSA) is 26.3 Å². The highest BCUT2D eigenvalue weighted by molar-refractivity contribution is 5.66. The number of hydrogen-bond donors (Lipinski definition) is 0. The molecule has 2 saturated carbocycles. The number of rotatable bonds is 2. The van der Waals surface area contributed by atoms with Crippen molar-refractivity contribution in [1.82, 2.24) is 0 Å². The van der Waals surface area contributed by atoms with Gasteiger partial charge in [0.25, 0.3) is 0 Å². The SMILES string of the molecule is CC(=O)OC1C[C@@]2(C(C)C)C[C@H]2[C@@H]1C. The van der Waals surface area contributed by atoms with E-state index in [1.807, 2.05) is 0 Å². The summed E-state index contributed by atoms with van der Waals surface area (Å²) in [5.41, 5.74) is 0.513. The molecule has 14 heavy (non-hydrogen) atoms. The van der Waals surface area contributed by atoms with E-state index in [0.29, 0.717) is 11.3 Å². The summed E-state index contributed by atoms with van der Waals surface area (Å²) >= 11 is 0. The normalized spacial score (nSPS) is 45.1. The summed E-state index contributed by atoms with van der Waals surface area (Å²) < 4.78 is 5.36. The summed E-state index contributed by atoms with van der Waals surface area (Å²) in [7, 11) is 0. The first-order valence-electron chi connectivity index (χ1n) is 5.64. The lowest BCUT2D eigenvalue weighted by atomic mass is 9.89. The zero-order chi connectivity index (χ0) is 10.5. The van der Waals surface area contributed by atoms with Gasteiger partial charge in [-0.3, -0.25) is 4.79 Å². The second kappa shape index (κ2) is 2.98. The average molecular weight is 196 g/mol. The summed E-state index contributed by atoms with van der Waals surface area (Å²) in [5.74, 6) is 1.99. The van der Waals surface area contributed by atoms with Crippen LogP contribution in [-0.4, -0.2) is 12.1 Å². The largest absolute Gasteiger partial charge is 0.462 e. The first-order chi connectivity index (χ1) is 6.47. The number of carbonyl (C=O) groups is 1. The molecular formula is C12H20O2. The molecule has 0 spiro atoms. The van der Waals surface area contributed by atoms with Gasteiger partial charge in [-0.25, -0.2) is 0 Å². The van der Waals surface area contributed by atoms with Crippen molar-refractivity contribution in [3.05, 3.63) is 0 Å². The molecule has 2 fully saturated rings. The van der Waals surface area contributed by atoms with Crippen molar-refractivity contribution in [3.8, 4) is 0 Å². The second-order valence-corrected chi connectivity index (χ2v) is 5.41. The fourth-order valence-electron chi connectivity index (χ4n) is 3.38. The molecule has 2 rings (SSSR count). The number of ether oxygens (including phenoxy) is 1. The zero-order valence-electron chi connectivity index (χ0n) is 9.54. The first kappa shape index (κ1) is 10.0. The highest BCUT2D eigenvalue weighted by Gasteiger charge is 2.65. The first-order valence-corrected chi connectivity index (χ1v) is 5.64. The van der Waals surface area contributed by atoms with Crippen LogP contribution in [0.5, 0.6) is 0 Å². The molecule has 2 aliphatic carbocycles. The van der Waals surface area contributed by atoms with Crippen LogP contribution in [0.4, 0.5) is 0 Å². The Bertz CT molecular complexity index is 259. The smallest absolute Gasteiger partial charge is 0.302 e. The van der Waals surface area contributed by atoms with E-state index in [-0.39, 0.29) is 12.1 Å². The summed E-state index contributed by atoms with van der Waals surface area (Å²) in [6.07, 6.45) is 2.63. The Labute approximate surface area is 86.0 Å². The summed E-state index contributed by atoms with van der Waals surface area (Å²) in [5, 5.41) is 0. The maximum absolute atomic E-state index is 10.9. The van der Waals surface area contributed by atoms with Crippen LogP contribution in [0.15, 0.2) is 0 Å². The maximum Gasteiger partial charge on any atom is 0.302 e. The molecular weight excluding hydrogens is 176 g/mol. The van der Waals surface area contributed by atoms with Gasteiger partial charge in [-0.05, 0) is 36.0 Å². The lowest BCUT2D eigenvalue weighted by Crippen LogP contribution is -2.22. The molecule has 0 aliphatic heterocycles. The second-order valence-electron chi connectivity index (χ2n) is 5.41. The van der Waals surface area contributed by atoms with Crippen molar-refractivity contribution in [2.45, 2.75) is 46.6 Å². The summed E-state index contributed by atoms with van der Waals surface area (Å²) in [4.78, 5) is 10.9. The van der Waals surface area contributed by atoms with Crippen molar-refractivity contribution in [3.63, 3.8) is 0 Å². The highest BCUT2D eigenvalue weighted by Crippen LogP contribution is 2.69. The van der Waals surface area contributed by atoms with Crippen LogP contribution in [0.2, 0.25) is 0 Å². The van der Waals surface area contributed by atoms with Crippen molar-refractivity contribution in [2.24, 2.45) is 23.2 Å². The van der Waals surface area contributed by atoms with Crippen LogP contribution in [0, 0.1) is 23.2 Å². The third-order valence-electron chi connectivity index (χ3n) is 4.45. The van der Waals surface area contributed by atoms with E-state index in [9.17, 15) is 4.79 Å². The molecule has 0 N–H and O–H groups in total. The van der Waals surface area contributed by atoms with Gasteiger partial charge in [0.05, 0.1) is 0 Å². The number of esters is 1. The van der Waals surface area contributed by atoms with Gasteiger partial charge >= 0.3 is 5.97 Å². The molecule has 0 amide bonds. The van der Waals surface area contributed by atoms with E-state index in [1.165, 1.54) is 13.3 Å². The van der Waals surface area contributed by atoms with Gasteiger partial charge in [0.1, 0.15) is 6.10 Å². The van der Waals surface area contributed by atoms with E-state index in [0.717, 1.165) is 18.3 Å². The lowest BCUT2D eigenvalue weighted by molar-refractivity contribution is -0.148. The maximum atomic E-state index is 10.9. The van der Waals surface area contributed by atoms with Crippen molar-refractivity contribution >= 4 is 5.97 Å². The molecule has 1 unspecified atom stereocenters. The molecule has 2 aliphatic rings. The quantitative estimate of drug-likeness (QED) is 0.635. The van der Waals surface area contributed by atoms with Gasteiger partial charge in [-0.2, -0.15) is 0 Å². The van der Waals surface area contributed by atoms with E-state index in [2.05, 4.69) is 20.8 Å². The molecule has 2 heteroatoms. The lowest BCUT2D eigenvalue weighted by Gasteiger charge is -2.21. The standard InChI is InChI=1S/C12H20O2/c1-7(2)12-5-10(12)8(3)11(6-12)14-9(4)13/h7-8,10-11H,5-6H2,1-4H3/t8-,10-,11?,12+/m0/s1. The number of hydrogen-bond acceptors (Lipinski definition) is 2. The average Bonchev–Trinajstić information content (AvgIpc) is 2.71. The van der Waals surface area contributed by atoms with E-state index in [1.54, 1.807) is 0 Å². The Kier molecular flexibility index (Phi) is 2.13. The fourth-order valence-corrected chi connectivity index (χ4v) is 3.38. The Hall–Kier alpha value is -0.530. The van der Waals surface area contributed by atoms with Gasteiger partial charge < -0.3 is 4.74 Å². The van der Waals surface area contributed by atoms with E-state index in [4.69, 9.17) is 4.74 Å². The molecule has 2 nitrogen and oxygen atoms in total. The third-order valence-corrected chi connectivity index (χ3v) is 4.45. The minimum Gasteiger partial charge on any atom is -0.462 e. The number of fused-ring (bicyclic) bond motifs is 1. The monoisotopic (exact) mass is 196 g/mol. The molecule has 0 saturated heterocycles. The molecule has 80 valence electrons.